The molecule has 0 aliphatic heterocycles. The quantitative estimate of drug-likeness (QED) is 0.767. The highest BCUT2D eigenvalue weighted by molar-refractivity contribution is 5.77. The van der Waals surface area contributed by atoms with E-state index >= 15 is 0 Å². The second kappa shape index (κ2) is 7.41. The topological polar surface area (TPSA) is 60.8 Å². The van der Waals surface area contributed by atoms with Crippen LogP contribution in [0.25, 0.3) is 0 Å². The fourth-order valence-electron chi connectivity index (χ4n) is 2.48. The van der Waals surface area contributed by atoms with Crippen molar-refractivity contribution in [1.82, 2.24) is 4.90 Å². The Balaban J connectivity index is 2.87. The summed E-state index contributed by atoms with van der Waals surface area (Å²) >= 11 is 0. The molecule has 4 nitrogen and oxygen atoms in total. The Morgan fingerprint density at radius 2 is 1.80 bits per heavy atom. The van der Waals surface area contributed by atoms with E-state index in [1.807, 2.05) is 6.07 Å². The van der Waals surface area contributed by atoms with Crippen molar-refractivity contribution < 1.29 is 15.0 Å². The van der Waals surface area contributed by atoms with Crippen LogP contribution in [0.1, 0.15) is 38.7 Å². The van der Waals surface area contributed by atoms with E-state index in [-0.39, 0.29) is 0 Å². The molecule has 0 spiro atoms. The molecular weight excluding hydrogens is 254 g/mol. The van der Waals surface area contributed by atoms with Crippen molar-refractivity contribution in [3.63, 3.8) is 0 Å². The van der Waals surface area contributed by atoms with Gasteiger partial charge < -0.3 is 15.1 Å². The van der Waals surface area contributed by atoms with E-state index in [1.165, 1.54) is 0 Å². The van der Waals surface area contributed by atoms with Gasteiger partial charge in [0.2, 0.25) is 0 Å². The summed E-state index contributed by atoms with van der Waals surface area (Å²) < 4.78 is 0. The van der Waals surface area contributed by atoms with Crippen LogP contribution in [0.2, 0.25) is 0 Å². The van der Waals surface area contributed by atoms with E-state index in [9.17, 15) is 15.0 Å². The van der Waals surface area contributed by atoms with E-state index in [2.05, 4.69) is 18.7 Å². The van der Waals surface area contributed by atoms with Crippen LogP contribution in [0.5, 0.6) is 0 Å². The molecule has 0 unspecified atom stereocenters. The third kappa shape index (κ3) is 4.32. The Bertz CT molecular complexity index is 413. The molecule has 2 N–H and O–H groups in total. The molecule has 0 amide bonds. The van der Waals surface area contributed by atoms with E-state index < -0.39 is 17.5 Å². The number of nitrogens with zero attached hydrogens (tertiary/aromatic N) is 1. The van der Waals surface area contributed by atoms with Crippen molar-refractivity contribution in [3.05, 3.63) is 35.9 Å². The second-order valence-corrected chi connectivity index (χ2v) is 5.32. The molecule has 0 saturated carbocycles. The van der Waals surface area contributed by atoms with Crippen LogP contribution in [0, 0.1) is 0 Å². The average Bonchev–Trinajstić information content (AvgIpc) is 2.40. The Labute approximate surface area is 121 Å². The SMILES string of the molecule is CCN(CC)CC[C@](C)(O)[C@H](C(=O)O)c1ccccc1. The van der Waals surface area contributed by atoms with Crippen LogP contribution >= 0.6 is 0 Å². The van der Waals surface area contributed by atoms with Crippen LogP contribution in [0.15, 0.2) is 30.3 Å². The first-order valence-corrected chi connectivity index (χ1v) is 7.14. The van der Waals surface area contributed by atoms with Gasteiger partial charge in [-0.15, -0.1) is 0 Å². The molecule has 0 heterocycles. The van der Waals surface area contributed by atoms with Crippen molar-refractivity contribution >= 4 is 5.97 Å². The third-order valence-corrected chi connectivity index (χ3v) is 3.83. The van der Waals surface area contributed by atoms with Gasteiger partial charge in [-0.25, -0.2) is 0 Å². The summed E-state index contributed by atoms with van der Waals surface area (Å²) in [6.45, 7) is 8.22. The number of aliphatic hydroxyl groups is 1. The molecule has 4 heteroatoms. The lowest BCUT2D eigenvalue weighted by Crippen LogP contribution is -2.41. The molecular formula is C16H25NO3. The van der Waals surface area contributed by atoms with Gasteiger partial charge in [-0.3, -0.25) is 4.79 Å². The lowest BCUT2D eigenvalue weighted by Gasteiger charge is -2.32. The van der Waals surface area contributed by atoms with E-state index in [0.717, 1.165) is 13.1 Å². The number of carboxylic acids is 1. The maximum absolute atomic E-state index is 11.6. The average molecular weight is 279 g/mol. The van der Waals surface area contributed by atoms with Crippen molar-refractivity contribution in [3.8, 4) is 0 Å². The first-order chi connectivity index (χ1) is 9.42. The van der Waals surface area contributed by atoms with Crippen LogP contribution < -0.4 is 0 Å². The number of carboxylic acid groups (broad SMARTS) is 1. The second-order valence-electron chi connectivity index (χ2n) is 5.32. The van der Waals surface area contributed by atoms with Gasteiger partial charge in [-0.1, -0.05) is 44.2 Å². The van der Waals surface area contributed by atoms with Crippen LogP contribution in [-0.2, 0) is 4.79 Å². The smallest absolute Gasteiger partial charge is 0.313 e. The van der Waals surface area contributed by atoms with Crippen LogP contribution in [0.4, 0.5) is 0 Å². The fourth-order valence-corrected chi connectivity index (χ4v) is 2.48. The van der Waals surface area contributed by atoms with Gasteiger partial charge in [0.15, 0.2) is 0 Å². The van der Waals surface area contributed by atoms with Gasteiger partial charge in [0, 0.05) is 6.54 Å². The molecule has 112 valence electrons. The highest BCUT2D eigenvalue weighted by Crippen LogP contribution is 2.31. The van der Waals surface area contributed by atoms with Crippen molar-refractivity contribution in [1.29, 1.82) is 0 Å². The Hall–Kier alpha value is -1.39. The molecule has 1 rings (SSSR count). The van der Waals surface area contributed by atoms with Gasteiger partial charge >= 0.3 is 5.97 Å². The van der Waals surface area contributed by atoms with Gasteiger partial charge in [0.1, 0.15) is 5.92 Å². The predicted molar refractivity (Wildman–Crippen MR) is 79.8 cm³/mol. The van der Waals surface area contributed by atoms with E-state index in [1.54, 1.807) is 31.2 Å². The molecule has 1 aromatic rings. The minimum Gasteiger partial charge on any atom is -0.481 e. The molecule has 1 aromatic carbocycles. The Morgan fingerprint density at radius 3 is 2.25 bits per heavy atom. The Kier molecular flexibility index (Phi) is 6.17. The van der Waals surface area contributed by atoms with Gasteiger partial charge in [0.25, 0.3) is 0 Å². The molecule has 0 saturated heterocycles. The standard InChI is InChI=1S/C16H25NO3/c1-4-17(5-2)12-11-16(3,20)14(15(18)19)13-9-7-6-8-10-13/h6-10,14,20H,4-5,11-12H2,1-3H3,(H,18,19)/t14-,16-/m0/s1. The summed E-state index contributed by atoms with van der Waals surface area (Å²) in [6.07, 6.45) is 0.431. The summed E-state index contributed by atoms with van der Waals surface area (Å²) in [6, 6.07) is 8.94. The lowest BCUT2D eigenvalue weighted by molar-refractivity contribution is -0.145. The Morgan fingerprint density at radius 1 is 1.25 bits per heavy atom. The summed E-state index contributed by atoms with van der Waals surface area (Å²) in [4.78, 5) is 13.7. The number of carbonyl (C=O) groups is 1. The molecule has 0 bridgehead atoms. The zero-order valence-corrected chi connectivity index (χ0v) is 12.5. The van der Waals surface area contributed by atoms with Gasteiger partial charge in [-0.2, -0.15) is 0 Å². The molecule has 0 aliphatic carbocycles. The van der Waals surface area contributed by atoms with Crippen molar-refractivity contribution in [2.45, 2.75) is 38.7 Å². The van der Waals surface area contributed by atoms with E-state index in [0.29, 0.717) is 18.5 Å². The van der Waals surface area contributed by atoms with Crippen molar-refractivity contribution in [2.75, 3.05) is 19.6 Å². The summed E-state index contributed by atoms with van der Waals surface area (Å²) in [7, 11) is 0. The number of aliphatic carboxylic acids is 1. The molecule has 20 heavy (non-hydrogen) atoms. The third-order valence-electron chi connectivity index (χ3n) is 3.83. The minimum absolute atomic E-state index is 0.431. The number of rotatable bonds is 8. The lowest BCUT2D eigenvalue weighted by atomic mass is 9.81. The summed E-state index contributed by atoms with van der Waals surface area (Å²) in [5.41, 5.74) is -0.625. The van der Waals surface area contributed by atoms with Crippen LogP contribution in [-0.4, -0.2) is 46.3 Å². The van der Waals surface area contributed by atoms with Gasteiger partial charge in [-0.05, 0) is 32.0 Å². The first-order valence-electron chi connectivity index (χ1n) is 7.14. The highest BCUT2D eigenvalue weighted by atomic mass is 16.4. The number of benzene rings is 1. The molecule has 0 aromatic heterocycles. The maximum Gasteiger partial charge on any atom is 0.313 e. The summed E-state index contributed by atoms with van der Waals surface area (Å²) in [5, 5.41) is 20.1. The zero-order chi connectivity index (χ0) is 15.2. The van der Waals surface area contributed by atoms with Crippen molar-refractivity contribution in [2.24, 2.45) is 0 Å². The molecule has 0 radical (unpaired) electrons. The molecule has 0 aliphatic rings. The number of hydrogen-bond donors (Lipinski definition) is 2. The highest BCUT2D eigenvalue weighted by Gasteiger charge is 2.38. The first kappa shape index (κ1) is 16.7. The van der Waals surface area contributed by atoms with Crippen LogP contribution in [0.3, 0.4) is 0 Å². The summed E-state index contributed by atoms with van der Waals surface area (Å²) in [5.74, 6) is -1.89. The predicted octanol–water partition coefficient (Wildman–Crippen LogP) is 2.34. The largest absolute Gasteiger partial charge is 0.481 e. The molecule has 0 fully saturated rings. The number of hydrogen-bond acceptors (Lipinski definition) is 3. The van der Waals surface area contributed by atoms with Gasteiger partial charge in [0.05, 0.1) is 5.60 Å². The zero-order valence-electron chi connectivity index (χ0n) is 12.5. The van der Waals surface area contributed by atoms with E-state index in [4.69, 9.17) is 0 Å². The molecule has 2 atom stereocenters. The fraction of sp³-hybridized carbons (Fsp3) is 0.562. The monoisotopic (exact) mass is 279 g/mol. The maximum atomic E-state index is 11.6. The normalized spacial score (nSPS) is 15.8. The minimum atomic E-state index is -1.27.